The van der Waals surface area contributed by atoms with E-state index < -0.39 is 0 Å². The quantitative estimate of drug-likeness (QED) is 0.453. The van der Waals surface area contributed by atoms with E-state index in [9.17, 15) is 0 Å². The highest BCUT2D eigenvalue weighted by molar-refractivity contribution is 5.63. The fourth-order valence-electron chi connectivity index (χ4n) is 0.628. The van der Waals surface area contributed by atoms with Gasteiger partial charge < -0.3 is 4.84 Å². The molecule has 0 amide bonds. The van der Waals surface area contributed by atoms with E-state index in [1.54, 1.807) is 0 Å². The molecule has 0 bridgehead atoms. The summed E-state index contributed by atoms with van der Waals surface area (Å²) < 4.78 is 0. The first-order chi connectivity index (χ1) is 5.08. The van der Waals surface area contributed by atoms with Crippen LogP contribution in [0.4, 0.5) is 0 Å². The fraction of sp³-hybridized carbons (Fsp3) is 0.889. The Morgan fingerprint density at radius 2 is 2.09 bits per heavy atom. The average Bonchev–Trinajstić information content (AvgIpc) is 2.60. The van der Waals surface area contributed by atoms with Gasteiger partial charge in [-0.05, 0) is 18.8 Å². The second-order valence-corrected chi connectivity index (χ2v) is 4.34. The van der Waals surface area contributed by atoms with E-state index in [2.05, 4.69) is 25.9 Å². The predicted molar refractivity (Wildman–Crippen MR) is 46.6 cm³/mol. The Labute approximate surface area is 68.6 Å². The number of rotatable bonds is 3. The van der Waals surface area contributed by atoms with Crippen LogP contribution in [0.15, 0.2) is 5.16 Å². The Morgan fingerprint density at radius 3 is 2.55 bits per heavy atom. The van der Waals surface area contributed by atoms with Crippen LogP contribution in [0.1, 0.15) is 33.6 Å². The highest BCUT2D eigenvalue weighted by Crippen LogP contribution is 2.28. The molecule has 0 aliphatic heterocycles. The maximum Gasteiger partial charge on any atom is 0.120 e. The van der Waals surface area contributed by atoms with Crippen LogP contribution in [0.2, 0.25) is 0 Å². The van der Waals surface area contributed by atoms with Gasteiger partial charge in [-0.2, -0.15) is 0 Å². The number of oxime groups is 1. The molecule has 11 heavy (non-hydrogen) atoms. The van der Waals surface area contributed by atoms with Crippen molar-refractivity contribution >= 4 is 6.21 Å². The molecule has 0 saturated heterocycles. The minimum absolute atomic E-state index is 0.142. The predicted octanol–water partition coefficient (Wildman–Crippen LogP) is 2.44. The van der Waals surface area contributed by atoms with Crippen molar-refractivity contribution in [3.8, 4) is 0 Å². The van der Waals surface area contributed by atoms with Crippen LogP contribution < -0.4 is 0 Å². The van der Waals surface area contributed by atoms with Gasteiger partial charge in [0.15, 0.2) is 0 Å². The van der Waals surface area contributed by atoms with Gasteiger partial charge in [0.05, 0.1) is 0 Å². The lowest BCUT2D eigenvalue weighted by Crippen LogP contribution is -2.06. The van der Waals surface area contributed by atoms with Gasteiger partial charge in [0, 0.05) is 11.6 Å². The maximum absolute atomic E-state index is 5.10. The van der Waals surface area contributed by atoms with Gasteiger partial charge in [0.1, 0.15) is 6.61 Å². The van der Waals surface area contributed by atoms with Gasteiger partial charge in [-0.25, -0.2) is 0 Å². The van der Waals surface area contributed by atoms with Gasteiger partial charge in [-0.1, -0.05) is 25.9 Å². The fourth-order valence-corrected chi connectivity index (χ4v) is 0.628. The molecule has 1 aliphatic carbocycles. The van der Waals surface area contributed by atoms with Crippen molar-refractivity contribution < 1.29 is 4.84 Å². The zero-order valence-corrected chi connectivity index (χ0v) is 7.63. The molecule has 1 fully saturated rings. The summed E-state index contributed by atoms with van der Waals surface area (Å²) in [5, 5.41) is 3.90. The highest BCUT2D eigenvalue weighted by Gasteiger charge is 2.21. The van der Waals surface area contributed by atoms with Crippen molar-refractivity contribution in [3.05, 3.63) is 0 Å². The van der Waals surface area contributed by atoms with Crippen LogP contribution in [-0.4, -0.2) is 12.8 Å². The van der Waals surface area contributed by atoms with Crippen molar-refractivity contribution in [2.75, 3.05) is 6.61 Å². The lowest BCUT2D eigenvalue weighted by atomic mass is 10.00. The van der Waals surface area contributed by atoms with Crippen LogP contribution in [0.3, 0.4) is 0 Å². The van der Waals surface area contributed by atoms with E-state index in [-0.39, 0.29) is 5.41 Å². The molecule has 0 aromatic heterocycles. The van der Waals surface area contributed by atoms with E-state index in [0.717, 1.165) is 12.5 Å². The standard InChI is InChI=1S/C9H17NO/c1-9(2,3)7-10-11-6-8-4-5-8/h7-8H,4-6H2,1-3H3/b10-7+. The number of hydrogen-bond donors (Lipinski definition) is 0. The molecule has 2 heteroatoms. The summed E-state index contributed by atoms with van der Waals surface area (Å²) in [7, 11) is 0. The van der Waals surface area contributed by atoms with Crippen molar-refractivity contribution in [1.29, 1.82) is 0 Å². The molecule has 2 nitrogen and oxygen atoms in total. The lowest BCUT2D eigenvalue weighted by molar-refractivity contribution is 0.133. The first kappa shape index (κ1) is 8.57. The highest BCUT2D eigenvalue weighted by atomic mass is 16.6. The molecule has 64 valence electrons. The molecular formula is C9H17NO. The van der Waals surface area contributed by atoms with Gasteiger partial charge in [0.25, 0.3) is 0 Å². The van der Waals surface area contributed by atoms with Crippen molar-refractivity contribution in [2.24, 2.45) is 16.5 Å². The number of nitrogens with zero attached hydrogens (tertiary/aromatic N) is 1. The largest absolute Gasteiger partial charge is 0.396 e. The molecule has 1 saturated carbocycles. The molecule has 1 rings (SSSR count). The van der Waals surface area contributed by atoms with Gasteiger partial charge in [0.2, 0.25) is 0 Å². The van der Waals surface area contributed by atoms with Gasteiger partial charge in [-0.15, -0.1) is 0 Å². The summed E-state index contributed by atoms with van der Waals surface area (Å²) in [6, 6.07) is 0. The normalized spacial score (nSPS) is 19.2. The van der Waals surface area contributed by atoms with Crippen LogP contribution in [0, 0.1) is 11.3 Å². The first-order valence-corrected chi connectivity index (χ1v) is 4.24. The zero-order valence-electron chi connectivity index (χ0n) is 7.63. The first-order valence-electron chi connectivity index (χ1n) is 4.24. The van der Waals surface area contributed by atoms with Crippen molar-refractivity contribution in [3.63, 3.8) is 0 Å². The Balaban J connectivity index is 2.04. The molecular weight excluding hydrogens is 138 g/mol. The van der Waals surface area contributed by atoms with Crippen LogP contribution in [-0.2, 0) is 4.84 Å². The monoisotopic (exact) mass is 155 g/mol. The van der Waals surface area contributed by atoms with E-state index in [1.165, 1.54) is 12.8 Å². The topological polar surface area (TPSA) is 21.6 Å². The van der Waals surface area contributed by atoms with Crippen molar-refractivity contribution in [2.45, 2.75) is 33.6 Å². The summed E-state index contributed by atoms with van der Waals surface area (Å²) in [6.45, 7) is 7.14. The lowest BCUT2D eigenvalue weighted by Gasteiger charge is -2.08. The second-order valence-electron chi connectivity index (χ2n) is 4.34. The molecule has 0 spiro atoms. The molecule has 0 N–H and O–H groups in total. The third-order valence-corrected chi connectivity index (χ3v) is 1.52. The molecule has 0 atom stereocenters. The smallest absolute Gasteiger partial charge is 0.120 e. The third-order valence-electron chi connectivity index (χ3n) is 1.52. The SMILES string of the molecule is CC(C)(C)/C=N/OCC1CC1. The van der Waals surface area contributed by atoms with Crippen LogP contribution in [0.25, 0.3) is 0 Å². The summed E-state index contributed by atoms with van der Waals surface area (Å²) in [5.41, 5.74) is 0.142. The number of hydrogen-bond acceptors (Lipinski definition) is 2. The average molecular weight is 155 g/mol. The Morgan fingerprint density at radius 1 is 1.45 bits per heavy atom. The van der Waals surface area contributed by atoms with Gasteiger partial charge in [-0.3, -0.25) is 0 Å². The Hall–Kier alpha value is -0.530. The minimum atomic E-state index is 0.142. The molecule has 0 heterocycles. The minimum Gasteiger partial charge on any atom is -0.396 e. The molecule has 0 aromatic carbocycles. The second kappa shape index (κ2) is 3.24. The van der Waals surface area contributed by atoms with E-state index >= 15 is 0 Å². The molecule has 0 radical (unpaired) electrons. The summed E-state index contributed by atoms with van der Waals surface area (Å²) in [5.74, 6) is 0.798. The Bertz CT molecular complexity index is 142. The summed E-state index contributed by atoms with van der Waals surface area (Å²) in [4.78, 5) is 5.10. The Kier molecular flexibility index (Phi) is 2.53. The summed E-state index contributed by atoms with van der Waals surface area (Å²) >= 11 is 0. The molecule has 0 unspecified atom stereocenters. The molecule has 1 aliphatic rings. The van der Waals surface area contributed by atoms with Crippen LogP contribution >= 0.6 is 0 Å². The van der Waals surface area contributed by atoms with Gasteiger partial charge >= 0.3 is 0 Å². The maximum atomic E-state index is 5.10. The van der Waals surface area contributed by atoms with E-state index in [0.29, 0.717) is 0 Å². The third kappa shape index (κ3) is 4.82. The van der Waals surface area contributed by atoms with Crippen molar-refractivity contribution in [1.82, 2.24) is 0 Å². The van der Waals surface area contributed by atoms with E-state index in [1.807, 2.05) is 6.21 Å². The van der Waals surface area contributed by atoms with E-state index in [4.69, 9.17) is 4.84 Å². The zero-order chi connectivity index (χ0) is 8.32. The summed E-state index contributed by atoms with van der Waals surface area (Å²) in [6.07, 6.45) is 4.51. The molecule has 0 aromatic rings. The van der Waals surface area contributed by atoms with Crippen LogP contribution in [0.5, 0.6) is 0 Å².